The highest BCUT2D eigenvalue weighted by atomic mass is 19.4. The number of hydrogen-bond donors (Lipinski definition) is 2. The topological polar surface area (TPSA) is 93.4 Å². The van der Waals surface area contributed by atoms with Crippen molar-refractivity contribution in [1.29, 1.82) is 0 Å². The van der Waals surface area contributed by atoms with Gasteiger partial charge in [0, 0.05) is 50.9 Å². The number of amides is 1. The number of imidazole rings is 1. The molecule has 4 heterocycles. The first-order valence-electron chi connectivity index (χ1n) is 13.3. The van der Waals surface area contributed by atoms with Gasteiger partial charge in [-0.25, -0.2) is 23.3 Å². The maximum atomic E-state index is 13.7. The molecule has 13 heteroatoms. The van der Waals surface area contributed by atoms with Crippen LogP contribution in [0.3, 0.4) is 0 Å². The fraction of sp³-hybridized carbons (Fsp3) is 0.760. The molecule has 2 N–H and O–H groups in total. The third-order valence-corrected chi connectivity index (χ3v) is 8.27. The molecule has 38 heavy (non-hydrogen) atoms. The molecule has 3 fully saturated rings. The minimum absolute atomic E-state index is 0.0119. The number of carbonyl (C=O) groups is 1. The van der Waals surface area contributed by atoms with Crippen LogP contribution in [0.5, 0.6) is 0 Å². The van der Waals surface area contributed by atoms with Crippen molar-refractivity contribution >= 4 is 11.7 Å². The highest BCUT2D eigenvalue weighted by molar-refractivity contribution is 5.79. The standard InChI is InChI=1S/C25H33F5N6O2/c1-31-20(14-2-6-24(26,27)7-3-14)19-13-36-23(33-19)34-21(15-4-8-38-9-5-15)18(35-36)11-16-10-17(25(28,29)30)12-32-22(16)37/h13-17,20,31H,2-12H2,1H3,(H,32,37). The van der Waals surface area contributed by atoms with Crippen LogP contribution in [-0.4, -0.2) is 64.4 Å². The van der Waals surface area contributed by atoms with Gasteiger partial charge in [0.1, 0.15) is 0 Å². The van der Waals surface area contributed by atoms with Crippen molar-refractivity contribution in [2.45, 2.75) is 75.4 Å². The van der Waals surface area contributed by atoms with Crippen molar-refractivity contribution in [1.82, 2.24) is 30.2 Å². The summed E-state index contributed by atoms with van der Waals surface area (Å²) in [7, 11) is 1.76. The number of piperidine rings is 1. The molecule has 1 saturated carbocycles. The van der Waals surface area contributed by atoms with E-state index >= 15 is 0 Å². The second-order valence-electron chi connectivity index (χ2n) is 10.8. The average Bonchev–Trinajstić information content (AvgIpc) is 3.28. The molecule has 2 aliphatic heterocycles. The maximum Gasteiger partial charge on any atom is 0.393 e. The Bertz CT molecular complexity index is 1140. The van der Waals surface area contributed by atoms with Gasteiger partial charge >= 0.3 is 6.18 Å². The molecule has 2 saturated heterocycles. The Morgan fingerprint density at radius 3 is 2.55 bits per heavy atom. The van der Waals surface area contributed by atoms with Gasteiger partial charge in [-0.2, -0.15) is 18.3 Å². The maximum absolute atomic E-state index is 13.7. The molecule has 210 valence electrons. The number of ether oxygens (including phenoxy) is 1. The molecule has 3 unspecified atom stereocenters. The first-order valence-corrected chi connectivity index (χ1v) is 13.3. The molecule has 0 radical (unpaired) electrons. The van der Waals surface area contributed by atoms with E-state index in [2.05, 4.69) is 15.6 Å². The summed E-state index contributed by atoms with van der Waals surface area (Å²) in [4.78, 5) is 22.0. The van der Waals surface area contributed by atoms with Gasteiger partial charge in [-0.15, -0.1) is 0 Å². The van der Waals surface area contributed by atoms with Crippen molar-refractivity contribution in [3.05, 3.63) is 23.3 Å². The Morgan fingerprint density at radius 2 is 1.89 bits per heavy atom. The summed E-state index contributed by atoms with van der Waals surface area (Å²) in [5, 5.41) is 10.3. The van der Waals surface area contributed by atoms with Crippen LogP contribution in [0.4, 0.5) is 22.0 Å². The van der Waals surface area contributed by atoms with E-state index in [0.29, 0.717) is 61.8 Å². The van der Waals surface area contributed by atoms with Crippen LogP contribution in [0.1, 0.15) is 74.0 Å². The summed E-state index contributed by atoms with van der Waals surface area (Å²) >= 11 is 0. The lowest BCUT2D eigenvalue weighted by molar-refractivity contribution is -0.183. The van der Waals surface area contributed by atoms with Crippen LogP contribution in [0.25, 0.3) is 5.78 Å². The molecule has 5 rings (SSSR count). The minimum Gasteiger partial charge on any atom is -0.381 e. The zero-order valence-corrected chi connectivity index (χ0v) is 21.2. The second kappa shape index (κ2) is 10.6. The number of rotatable bonds is 6. The average molecular weight is 545 g/mol. The van der Waals surface area contributed by atoms with Gasteiger partial charge in [0.2, 0.25) is 11.8 Å². The first kappa shape index (κ1) is 27.2. The smallest absolute Gasteiger partial charge is 0.381 e. The molecular formula is C25H33F5N6O2. The van der Waals surface area contributed by atoms with E-state index in [4.69, 9.17) is 14.8 Å². The van der Waals surface area contributed by atoms with Crippen molar-refractivity contribution in [2.24, 2.45) is 17.8 Å². The van der Waals surface area contributed by atoms with E-state index < -0.39 is 36.4 Å². The number of aromatic nitrogens is 4. The van der Waals surface area contributed by atoms with Crippen LogP contribution < -0.4 is 10.6 Å². The van der Waals surface area contributed by atoms with E-state index in [1.807, 2.05) is 0 Å². The SMILES string of the molecule is CNC(c1cn2nc(CC3CC(C(F)(F)F)CNC3=O)c(C3CCOCC3)nc2n1)C1CCC(F)(F)CC1. The Hall–Kier alpha value is -2.41. The van der Waals surface area contributed by atoms with Crippen LogP contribution in [0, 0.1) is 17.8 Å². The Kier molecular flexibility index (Phi) is 7.60. The number of hydrogen-bond acceptors (Lipinski definition) is 6. The Balaban J connectivity index is 1.46. The molecule has 3 atom stereocenters. The predicted octanol–water partition coefficient (Wildman–Crippen LogP) is 3.96. The fourth-order valence-electron chi connectivity index (χ4n) is 6.06. The molecule has 2 aromatic heterocycles. The van der Waals surface area contributed by atoms with Gasteiger partial charge in [-0.1, -0.05) is 0 Å². The van der Waals surface area contributed by atoms with E-state index in [9.17, 15) is 26.7 Å². The number of carbonyl (C=O) groups excluding carboxylic acids is 1. The molecular weight excluding hydrogens is 511 g/mol. The van der Waals surface area contributed by atoms with Crippen LogP contribution in [0.2, 0.25) is 0 Å². The molecule has 0 aromatic carbocycles. The van der Waals surface area contributed by atoms with Crippen molar-refractivity contribution in [3.8, 4) is 0 Å². The number of halogens is 5. The number of alkyl halides is 5. The summed E-state index contributed by atoms with van der Waals surface area (Å²) in [5.41, 5.74) is 1.75. The molecule has 2 aromatic rings. The molecule has 1 amide bonds. The summed E-state index contributed by atoms with van der Waals surface area (Å²) in [6.07, 6.45) is -1.19. The van der Waals surface area contributed by atoms with Crippen molar-refractivity contribution in [3.63, 3.8) is 0 Å². The zero-order chi connectivity index (χ0) is 27.1. The van der Waals surface area contributed by atoms with Crippen LogP contribution >= 0.6 is 0 Å². The van der Waals surface area contributed by atoms with Crippen LogP contribution in [-0.2, 0) is 16.0 Å². The molecule has 0 bridgehead atoms. The molecule has 8 nitrogen and oxygen atoms in total. The van der Waals surface area contributed by atoms with E-state index in [0.717, 1.165) is 0 Å². The number of nitrogens with zero attached hydrogens (tertiary/aromatic N) is 4. The zero-order valence-electron chi connectivity index (χ0n) is 21.2. The summed E-state index contributed by atoms with van der Waals surface area (Å²) in [6.45, 7) is 0.648. The van der Waals surface area contributed by atoms with E-state index in [-0.39, 0.29) is 43.6 Å². The van der Waals surface area contributed by atoms with Crippen LogP contribution in [0.15, 0.2) is 6.20 Å². The lowest BCUT2D eigenvalue weighted by Gasteiger charge is -2.32. The Morgan fingerprint density at radius 1 is 1.18 bits per heavy atom. The van der Waals surface area contributed by atoms with Gasteiger partial charge in [0.05, 0.1) is 35.2 Å². The van der Waals surface area contributed by atoms with Gasteiger partial charge in [-0.05, 0) is 45.1 Å². The van der Waals surface area contributed by atoms with E-state index in [1.54, 1.807) is 13.2 Å². The number of nitrogens with one attached hydrogen (secondary N) is 2. The minimum atomic E-state index is -4.39. The first-order chi connectivity index (χ1) is 18.0. The number of fused-ring (bicyclic) bond motifs is 1. The third kappa shape index (κ3) is 5.78. The highest BCUT2D eigenvalue weighted by Gasteiger charge is 2.45. The molecule has 1 aliphatic carbocycles. The fourth-order valence-corrected chi connectivity index (χ4v) is 6.06. The summed E-state index contributed by atoms with van der Waals surface area (Å²) < 4.78 is 74.7. The van der Waals surface area contributed by atoms with E-state index in [1.165, 1.54) is 4.52 Å². The quantitative estimate of drug-likeness (QED) is 0.535. The molecule has 0 spiro atoms. The highest BCUT2D eigenvalue weighted by Crippen LogP contribution is 2.41. The van der Waals surface area contributed by atoms with Gasteiger partial charge in [0.15, 0.2) is 0 Å². The van der Waals surface area contributed by atoms with Crippen molar-refractivity contribution < 1.29 is 31.5 Å². The monoisotopic (exact) mass is 544 g/mol. The normalized spacial score (nSPS) is 26.4. The molecule has 3 aliphatic rings. The second-order valence-corrected chi connectivity index (χ2v) is 10.8. The van der Waals surface area contributed by atoms with Crippen molar-refractivity contribution in [2.75, 3.05) is 26.8 Å². The van der Waals surface area contributed by atoms with Gasteiger partial charge in [0.25, 0.3) is 5.78 Å². The van der Waals surface area contributed by atoms with Gasteiger partial charge in [-0.3, -0.25) is 4.79 Å². The lowest BCUT2D eigenvalue weighted by Crippen LogP contribution is -2.47. The van der Waals surface area contributed by atoms with Gasteiger partial charge < -0.3 is 15.4 Å². The summed E-state index contributed by atoms with van der Waals surface area (Å²) in [6, 6.07) is -0.263. The third-order valence-electron chi connectivity index (χ3n) is 8.27. The largest absolute Gasteiger partial charge is 0.393 e. The Labute approximate surface area is 217 Å². The summed E-state index contributed by atoms with van der Waals surface area (Å²) in [5.74, 6) is -5.23. The predicted molar refractivity (Wildman–Crippen MR) is 127 cm³/mol. The lowest BCUT2D eigenvalue weighted by atomic mass is 9.81.